The molecule has 0 aliphatic rings. The topological polar surface area (TPSA) is 40.9 Å². The number of nitriles is 1. The first-order chi connectivity index (χ1) is 10.3. The molecule has 0 spiro atoms. The number of fused-ring (bicyclic) bond motifs is 1. The first kappa shape index (κ1) is 13.5. The van der Waals surface area contributed by atoms with Crippen LogP contribution in [0.25, 0.3) is 10.8 Å². The van der Waals surface area contributed by atoms with Crippen molar-refractivity contribution in [2.24, 2.45) is 0 Å². The van der Waals surface area contributed by atoms with E-state index in [4.69, 9.17) is 5.26 Å². The van der Waals surface area contributed by atoms with E-state index in [2.05, 4.69) is 6.07 Å². The summed E-state index contributed by atoms with van der Waals surface area (Å²) in [6.07, 6.45) is 0. The van der Waals surface area contributed by atoms with Gasteiger partial charge in [-0.3, -0.25) is 4.21 Å². The third-order valence-corrected chi connectivity index (χ3v) is 4.76. The maximum absolute atomic E-state index is 12.5. The van der Waals surface area contributed by atoms with Gasteiger partial charge in [-0.1, -0.05) is 48.5 Å². The van der Waals surface area contributed by atoms with Gasteiger partial charge in [-0.25, -0.2) is 0 Å². The van der Waals surface area contributed by atoms with Gasteiger partial charge < -0.3 is 0 Å². The van der Waals surface area contributed by atoms with Crippen molar-refractivity contribution in [3.63, 3.8) is 0 Å². The highest BCUT2D eigenvalue weighted by atomic mass is 32.2. The molecular weight excluding hydrogens is 278 g/mol. The van der Waals surface area contributed by atoms with Gasteiger partial charge in [0.15, 0.2) is 0 Å². The molecule has 0 aliphatic heterocycles. The second kappa shape index (κ2) is 5.90. The Bertz CT molecular complexity index is 864. The first-order valence-corrected chi connectivity index (χ1v) is 7.95. The summed E-state index contributed by atoms with van der Waals surface area (Å²) in [7, 11) is -1.15. The molecule has 3 heteroatoms. The fourth-order valence-electron chi connectivity index (χ4n) is 2.29. The zero-order chi connectivity index (χ0) is 14.7. The van der Waals surface area contributed by atoms with E-state index >= 15 is 0 Å². The third-order valence-electron chi connectivity index (χ3n) is 3.41. The molecule has 0 fully saturated rings. The molecule has 3 rings (SSSR count). The number of hydrogen-bond donors (Lipinski definition) is 0. The third kappa shape index (κ3) is 2.86. The van der Waals surface area contributed by atoms with Crippen LogP contribution in [-0.4, -0.2) is 4.21 Å². The van der Waals surface area contributed by atoms with Crippen LogP contribution < -0.4 is 0 Å². The molecule has 0 heterocycles. The predicted octanol–water partition coefficient (Wildman–Crippen LogP) is 4.02. The van der Waals surface area contributed by atoms with E-state index in [9.17, 15) is 4.21 Å². The lowest BCUT2D eigenvalue weighted by molar-refractivity contribution is 0.682. The number of benzene rings is 3. The van der Waals surface area contributed by atoms with Crippen molar-refractivity contribution in [3.8, 4) is 6.07 Å². The van der Waals surface area contributed by atoms with Crippen LogP contribution >= 0.6 is 0 Å². The molecule has 0 saturated carbocycles. The van der Waals surface area contributed by atoms with Crippen molar-refractivity contribution < 1.29 is 4.21 Å². The predicted molar refractivity (Wildman–Crippen MR) is 85.2 cm³/mol. The van der Waals surface area contributed by atoms with Gasteiger partial charge in [-0.05, 0) is 34.5 Å². The summed E-state index contributed by atoms with van der Waals surface area (Å²) in [5, 5.41) is 11.3. The second-order valence-corrected chi connectivity index (χ2v) is 6.22. The molecule has 0 radical (unpaired) electrons. The average Bonchev–Trinajstić information content (AvgIpc) is 2.55. The second-order valence-electron chi connectivity index (χ2n) is 4.77. The van der Waals surface area contributed by atoms with E-state index in [1.165, 1.54) is 0 Å². The van der Waals surface area contributed by atoms with Crippen molar-refractivity contribution in [2.75, 3.05) is 0 Å². The summed E-state index contributed by atoms with van der Waals surface area (Å²) in [5.74, 6) is 0.363. The number of nitrogens with zero attached hydrogens (tertiary/aromatic N) is 1. The van der Waals surface area contributed by atoms with Crippen LogP contribution in [0.3, 0.4) is 0 Å². The van der Waals surface area contributed by atoms with E-state index in [1.54, 1.807) is 6.07 Å². The molecule has 0 N–H and O–H groups in total. The number of rotatable bonds is 3. The van der Waals surface area contributed by atoms with Gasteiger partial charge in [0.25, 0.3) is 0 Å². The van der Waals surface area contributed by atoms with Crippen molar-refractivity contribution in [3.05, 3.63) is 77.9 Å². The summed E-state index contributed by atoms with van der Waals surface area (Å²) in [5.41, 5.74) is 1.41. The molecule has 2 nitrogen and oxygen atoms in total. The molecule has 0 bridgehead atoms. The summed E-state index contributed by atoms with van der Waals surface area (Å²) < 4.78 is 12.5. The maximum Gasteiger partial charge on any atom is 0.0994 e. The highest BCUT2D eigenvalue weighted by Gasteiger charge is 2.09. The Morgan fingerprint density at radius 3 is 2.43 bits per heavy atom. The standard InChI is InChI=1S/C18H13NOS/c19-12-16-7-3-4-8-17(16)13-21(20)18-10-9-14-5-1-2-6-15(14)11-18/h1-11H,13H2. The quantitative estimate of drug-likeness (QED) is 0.731. The van der Waals surface area contributed by atoms with Gasteiger partial charge in [0.1, 0.15) is 0 Å². The van der Waals surface area contributed by atoms with Crippen LogP contribution in [0, 0.1) is 11.3 Å². The fraction of sp³-hybridized carbons (Fsp3) is 0.0556. The van der Waals surface area contributed by atoms with Gasteiger partial charge in [-0.15, -0.1) is 0 Å². The van der Waals surface area contributed by atoms with Gasteiger partial charge in [-0.2, -0.15) is 5.26 Å². The minimum absolute atomic E-state index is 0.363. The average molecular weight is 291 g/mol. The molecule has 0 saturated heterocycles. The maximum atomic E-state index is 12.5. The molecule has 21 heavy (non-hydrogen) atoms. The Morgan fingerprint density at radius 1 is 0.905 bits per heavy atom. The van der Waals surface area contributed by atoms with E-state index in [0.717, 1.165) is 21.2 Å². The lowest BCUT2D eigenvalue weighted by Gasteiger charge is -2.06. The molecule has 0 aliphatic carbocycles. The van der Waals surface area contributed by atoms with Gasteiger partial charge >= 0.3 is 0 Å². The van der Waals surface area contributed by atoms with Crippen LogP contribution in [0.1, 0.15) is 11.1 Å². The molecule has 0 aromatic heterocycles. The minimum Gasteiger partial charge on any atom is -0.254 e. The largest absolute Gasteiger partial charge is 0.254 e. The van der Waals surface area contributed by atoms with Gasteiger partial charge in [0.2, 0.25) is 0 Å². The molecule has 3 aromatic rings. The van der Waals surface area contributed by atoms with Crippen LogP contribution in [0.4, 0.5) is 0 Å². The molecule has 0 amide bonds. The van der Waals surface area contributed by atoms with E-state index < -0.39 is 10.8 Å². The summed E-state index contributed by atoms with van der Waals surface area (Å²) in [6.45, 7) is 0. The molecule has 102 valence electrons. The zero-order valence-electron chi connectivity index (χ0n) is 11.3. The van der Waals surface area contributed by atoms with Gasteiger partial charge in [0.05, 0.1) is 28.2 Å². The Labute approximate surface area is 126 Å². The zero-order valence-corrected chi connectivity index (χ0v) is 12.1. The Morgan fingerprint density at radius 2 is 1.62 bits per heavy atom. The summed E-state index contributed by atoms with van der Waals surface area (Å²) in [4.78, 5) is 0.793. The molecule has 3 aromatic carbocycles. The van der Waals surface area contributed by atoms with E-state index in [0.29, 0.717) is 11.3 Å². The van der Waals surface area contributed by atoms with Crippen LogP contribution in [0.15, 0.2) is 71.6 Å². The molecule has 1 atom stereocenters. The van der Waals surface area contributed by atoms with Gasteiger partial charge in [0, 0.05) is 4.90 Å². The Kier molecular flexibility index (Phi) is 3.81. The highest BCUT2D eigenvalue weighted by Crippen LogP contribution is 2.20. The van der Waals surface area contributed by atoms with Crippen LogP contribution in [0.5, 0.6) is 0 Å². The summed E-state index contributed by atoms with van der Waals surface area (Å²) >= 11 is 0. The SMILES string of the molecule is N#Cc1ccccc1CS(=O)c1ccc2ccccc2c1. The Hall–Kier alpha value is -2.44. The highest BCUT2D eigenvalue weighted by molar-refractivity contribution is 7.84. The van der Waals surface area contributed by atoms with Crippen molar-refractivity contribution >= 4 is 21.6 Å². The lowest BCUT2D eigenvalue weighted by Crippen LogP contribution is -1.98. The first-order valence-electron chi connectivity index (χ1n) is 6.63. The lowest BCUT2D eigenvalue weighted by atomic mass is 10.1. The van der Waals surface area contributed by atoms with Crippen molar-refractivity contribution in [1.29, 1.82) is 5.26 Å². The smallest absolute Gasteiger partial charge is 0.0994 e. The normalized spacial score (nSPS) is 12.0. The van der Waals surface area contributed by atoms with E-state index in [1.807, 2.05) is 60.7 Å². The van der Waals surface area contributed by atoms with Crippen molar-refractivity contribution in [1.82, 2.24) is 0 Å². The minimum atomic E-state index is -1.15. The van der Waals surface area contributed by atoms with E-state index in [-0.39, 0.29) is 0 Å². The molecular formula is C18H13NOS. The van der Waals surface area contributed by atoms with Crippen LogP contribution in [0.2, 0.25) is 0 Å². The van der Waals surface area contributed by atoms with Crippen molar-refractivity contribution in [2.45, 2.75) is 10.6 Å². The monoisotopic (exact) mass is 291 g/mol. The molecule has 1 unspecified atom stereocenters. The summed E-state index contributed by atoms with van der Waals surface area (Å²) in [6, 6.07) is 23.3. The number of hydrogen-bond acceptors (Lipinski definition) is 2. The Balaban J connectivity index is 1.92. The van der Waals surface area contributed by atoms with Crippen LogP contribution in [-0.2, 0) is 16.6 Å². The fourth-order valence-corrected chi connectivity index (χ4v) is 3.47.